The van der Waals surface area contributed by atoms with Crippen molar-refractivity contribution in [3.63, 3.8) is 0 Å². The van der Waals surface area contributed by atoms with E-state index in [0.29, 0.717) is 27.9 Å². The third kappa shape index (κ3) is 3.55. The Labute approximate surface area is 194 Å². The number of ether oxygens (including phenoxy) is 1. The van der Waals surface area contributed by atoms with Gasteiger partial charge in [-0.25, -0.2) is 4.39 Å². The molecule has 0 saturated carbocycles. The van der Waals surface area contributed by atoms with E-state index in [1.165, 1.54) is 22.7 Å². The Bertz CT molecular complexity index is 1330. The summed E-state index contributed by atoms with van der Waals surface area (Å²) in [7, 11) is 0. The fraction of sp³-hybridized carbons (Fsp3) is 0. The molecule has 0 fully saturated rings. The molecule has 0 aliphatic rings. The minimum absolute atomic E-state index is 0.158. The van der Waals surface area contributed by atoms with Gasteiger partial charge in [0.15, 0.2) is 11.6 Å². The first-order valence-corrected chi connectivity index (χ1v) is 12.3. The molecule has 0 aliphatic carbocycles. The maximum absolute atomic E-state index is 16.0. The van der Waals surface area contributed by atoms with Gasteiger partial charge in [0.2, 0.25) is 0 Å². The molecule has 3 aromatic heterocycles. The lowest BCUT2D eigenvalue weighted by Crippen LogP contribution is -1.96. The van der Waals surface area contributed by atoms with Gasteiger partial charge in [0, 0.05) is 9.75 Å². The fourth-order valence-corrected chi connectivity index (χ4v) is 6.42. The number of nitrogens with zero attached hydrogens (tertiary/aromatic N) is 2. The summed E-state index contributed by atoms with van der Waals surface area (Å²) in [5, 5.41) is 0. The molecule has 144 valence electrons. The third-order valence-corrected chi connectivity index (χ3v) is 8.02. The lowest BCUT2D eigenvalue weighted by atomic mass is 10.0. The van der Waals surface area contributed by atoms with Crippen molar-refractivity contribution >= 4 is 77.3 Å². The predicted molar refractivity (Wildman–Crippen MR) is 126 cm³/mol. The van der Waals surface area contributed by atoms with Crippen LogP contribution in [0.15, 0.2) is 62.2 Å². The maximum atomic E-state index is 16.0. The molecule has 5 aromatic rings. The number of para-hydroxylation sites is 1. The highest BCUT2D eigenvalue weighted by molar-refractivity contribution is 9.11. The fourth-order valence-electron chi connectivity index (χ4n) is 3.00. The number of hydrogen-bond donors (Lipinski definition) is 0. The van der Waals surface area contributed by atoms with Crippen molar-refractivity contribution < 1.29 is 9.13 Å². The summed E-state index contributed by atoms with van der Waals surface area (Å²) in [6.45, 7) is 0. The van der Waals surface area contributed by atoms with Crippen molar-refractivity contribution in [3.8, 4) is 32.4 Å². The Hall–Kier alpha value is -1.65. The Balaban J connectivity index is 1.84. The normalized spacial score (nSPS) is 11.3. The van der Waals surface area contributed by atoms with Crippen LogP contribution in [0.4, 0.5) is 4.39 Å². The van der Waals surface area contributed by atoms with Crippen molar-refractivity contribution in [2.75, 3.05) is 0 Å². The predicted octanol–water partition coefficient (Wildman–Crippen LogP) is 8.60. The van der Waals surface area contributed by atoms with Crippen LogP contribution >= 0.6 is 66.3 Å². The molecule has 0 spiro atoms. The molecule has 0 bridgehead atoms. The quantitative estimate of drug-likeness (QED) is 0.218. The topological polar surface area (TPSA) is 35.0 Å². The highest BCUT2D eigenvalue weighted by Crippen LogP contribution is 2.49. The van der Waals surface area contributed by atoms with Crippen molar-refractivity contribution in [2.45, 2.75) is 0 Å². The number of halogens is 3. The second kappa shape index (κ2) is 7.88. The van der Waals surface area contributed by atoms with E-state index < -0.39 is 5.82 Å². The molecule has 0 saturated heterocycles. The van der Waals surface area contributed by atoms with Crippen LogP contribution in [0.2, 0.25) is 0 Å². The molecule has 2 aromatic carbocycles. The standard InChI is InChI=1S/C20H9Br2FN2OS3/c21-13-8-6-11(27-13)15-17(23)20(26-10-4-2-1-3-5-10)16(12-7-9-14(22)28-12)19-18(15)24-29-25-19/h1-9H. The van der Waals surface area contributed by atoms with Gasteiger partial charge >= 0.3 is 0 Å². The van der Waals surface area contributed by atoms with Crippen molar-refractivity contribution in [2.24, 2.45) is 0 Å². The highest BCUT2D eigenvalue weighted by Gasteiger charge is 2.27. The third-order valence-electron chi connectivity index (χ3n) is 4.21. The van der Waals surface area contributed by atoms with Gasteiger partial charge in [0.25, 0.3) is 0 Å². The molecule has 0 amide bonds. The largest absolute Gasteiger partial charge is 0.453 e. The number of aromatic nitrogens is 2. The first-order chi connectivity index (χ1) is 14.1. The molecule has 5 rings (SSSR count). The van der Waals surface area contributed by atoms with Crippen molar-refractivity contribution in [1.29, 1.82) is 0 Å². The second-order valence-electron chi connectivity index (χ2n) is 5.98. The molecule has 0 radical (unpaired) electrons. The number of thiophene rings is 2. The SMILES string of the molecule is Fc1c(Oc2ccccc2)c(-c2ccc(Br)s2)c2nsnc2c1-c1ccc(Br)s1. The lowest BCUT2D eigenvalue weighted by Gasteiger charge is -2.14. The molecule has 0 unspecified atom stereocenters. The van der Waals surface area contributed by atoms with Crippen LogP contribution in [0.1, 0.15) is 0 Å². The number of benzene rings is 2. The van der Waals surface area contributed by atoms with Gasteiger partial charge in [-0.1, -0.05) is 18.2 Å². The Morgan fingerprint density at radius 2 is 1.34 bits per heavy atom. The van der Waals surface area contributed by atoms with Gasteiger partial charge in [0.1, 0.15) is 16.8 Å². The second-order valence-corrected chi connectivity index (χ2v) is 11.4. The zero-order chi connectivity index (χ0) is 20.0. The number of fused-ring (bicyclic) bond motifs is 1. The van der Waals surface area contributed by atoms with E-state index >= 15 is 4.39 Å². The first kappa shape index (κ1) is 19.3. The van der Waals surface area contributed by atoms with E-state index in [1.54, 1.807) is 12.1 Å². The van der Waals surface area contributed by atoms with E-state index in [4.69, 9.17) is 4.74 Å². The molecule has 3 nitrogen and oxygen atoms in total. The minimum Gasteiger partial charge on any atom is -0.453 e. The summed E-state index contributed by atoms with van der Waals surface area (Å²) in [5.41, 5.74) is 2.21. The summed E-state index contributed by atoms with van der Waals surface area (Å²) in [6.07, 6.45) is 0. The highest BCUT2D eigenvalue weighted by atomic mass is 79.9. The van der Waals surface area contributed by atoms with Gasteiger partial charge in [0.05, 0.1) is 30.4 Å². The van der Waals surface area contributed by atoms with Gasteiger partial charge in [-0.15, -0.1) is 22.7 Å². The van der Waals surface area contributed by atoms with Crippen LogP contribution in [-0.4, -0.2) is 8.75 Å². The monoisotopic (exact) mass is 566 g/mol. The van der Waals surface area contributed by atoms with E-state index in [-0.39, 0.29) is 5.75 Å². The van der Waals surface area contributed by atoms with E-state index in [1.807, 2.05) is 42.5 Å². The van der Waals surface area contributed by atoms with Crippen molar-refractivity contribution in [1.82, 2.24) is 8.75 Å². The Kier molecular flexibility index (Phi) is 5.25. The molecular formula is C20H9Br2FN2OS3. The zero-order valence-electron chi connectivity index (χ0n) is 14.4. The van der Waals surface area contributed by atoms with E-state index in [0.717, 1.165) is 29.1 Å². The minimum atomic E-state index is -0.442. The summed E-state index contributed by atoms with van der Waals surface area (Å²) < 4.78 is 32.9. The molecule has 0 aliphatic heterocycles. The number of rotatable bonds is 4. The summed E-state index contributed by atoms with van der Waals surface area (Å²) in [5.74, 6) is 0.275. The average molecular weight is 568 g/mol. The van der Waals surface area contributed by atoms with Crippen LogP contribution in [0.5, 0.6) is 11.5 Å². The van der Waals surface area contributed by atoms with Crippen LogP contribution in [0, 0.1) is 5.82 Å². The Morgan fingerprint density at radius 3 is 1.93 bits per heavy atom. The smallest absolute Gasteiger partial charge is 0.177 e. The van der Waals surface area contributed by atoms with Gasteiger partial charge in [-0.2, -0.15) is 8.75 Å². The van der Waals surface area contributed by atoms with Gasteiger partial charge in [-0.3, -0.25) is 0 Å². The number of hydrogen-bond acceptors (Lipinski definition) is 6. The summed E-state index contributed by atoms with van der Waals surface area (Å²) in [6, 6.07) is 16.8. The van der Waals surface area contributed by atoms with Crippen LogP contribution in [-0.2, 0) is 0 Å². The van der Waals surface area contributed by atoms with Crippen LogP contribution < -0.4 is 4.74 Å². The molecule has 0 atom stereocenters. The zero-order valence-corrected chi connectivity index (χ0v) is 20.0. The molecule has 3 heterocycles. The molecule has 0 N–H and O–H groups in total. The van der Waals surface area contributed by atoms with Crippen molar-refractivity contribution in [3.05, 3.63) is 68.0 Å². The lowest BCUT2D eigenvalue weighted by molar-refractivity contribution is 0.446. The molecule has 29 heavy (non-hydrogen) atoms. The first-order valence-electron chi connectivity index (χ1n) is 8.34. The van der Waals surface area contributed by atoms with E-state index in [9.17, 15) is 0 Å². The molecular weight excluding hydrogens is 559 g/mol. The van der Waals surface area contributed by atoms with Gasteiger partial charge in [-0.05, 0) is 68.3 Å². The summed E-state index contributed by atoms with van der Waals surface area (Å²) >= 11 is 11.0. The van der Waals surface area contributed by atoms with E-state index in [2.05, 4.69) is 40.6 Å². The molecule has 9 heteroatoms. The Morgan fingerprint density at radius 1 is 0.759 bits per heavy atom. The maximum Gasteiger partial charge on any atom is 0.177 e. The average Bonchev–Trinajstić information content (AvgIpc) is 3.45. The van der Waals surface area contributed by atoms with Gasteiger partial charge < -0.3 is 4.74 Å². The van der Waals surface area contributed by atoms with Crippen LogP contribution in [0.3, 0.4) is 0 Å². The van der Waals surface area contributed by atoms with Crippen LogP contribution in [0.25, 0.3) is 31.9 Å². The summed E-state index contributed by atoms with van der Waals surface area (Å²) in [4.78, 5) is 1.63.